The second-order valence-corrected chi connectivity index (χ2v) is 9.23. The quantitative estimate of drug-likeness (QED) is 0.767. The number of hydrogen-bond donors (Lipinski definition) is 0. The van der Waals surface area contributed by atoms with E-state index in [1.807, 2.05) is 11.8 Å². The van der Waals surface area contributed by atoms with Crippen molar-refractivity contribution in [3.8, 4) is 0 Å². The molecule has 2 atom stereocenters. The molecular formula is C14H25N3O3S2. The van der Waals surface area contributed by atoms with Crippen molar-refractivity contribution in [2.24, 2.45) is 0 Å². The molecular weight excluding hydrogens is 322 g/mol. The Labute approximate surface area is 137 Å². The molecule has 3 aliphatic heterocycles. The van der Waals surface area contributed by atoms with E-state index in [1.165, 1.54) is 4.31 Å². The van der Waals surface area contributed by atoms with Gasteiger partial charge in [0.2, 0.25) is 5.91 Å². The first-order valence-corrected chi connectivity index (χ1v) is 10.7. The lowest BCUT2D eigenvalue weighted by atomic mass is 10.1. The zero-order valence-electron chi connectivity index (χ0n) is 13.1. The Kier molecular flexibility index (Phi) is 5.01. The van der Waals surface area contributed by atoms with Gasteiger partial charge in [0.1, 0.15) is 6.04 Å². The minimum atomic E-state index is -3.54. The summed E-state index contributed by atoms with van der Waals surface area (Å²) in [5.74, 6) is 0.975. The highest BCUT2D eigenvalue weighted by atomic mass is 32.2. The molecule has 3 rings (SSSR count). The van der Waals surface area contributed by atoms with Gasteiger partial charge in [0.25, 0.3) is 10.2 Å². The zero-order chi connectivity index (χ0) is 15.7. The second-order valence-electron chi connectivity index (χ2n) is 6.40. The predicted molar refractivity (Wildman–Crippen MR) is 87.7 cm³/mol. The third-order valence-corrected chi connectivity index (χ3v) is 8.17. The van der Waals surface area contributed by atoms with Crippen molar-refractivity contribution >= 4 is 27.9 Å². The maximum Gasteiger partial charge on any atom is 0.283 e. The first kappa shape index (κ1) is 16.5. The topological polar surface area (TPSA) is 60.9 Å². The molecule has 1 amide bonds. The van der Waals surface area contributed by atoms with E-state index in [9.17, 15) is 13.2 Å². The van der Waals surface area contributed by atoms with E-state index in [0.717, 1.165) is 45.2 Å². The lowest BCUT2D eigenvalue weighted by Crippen LogP contribution is -2.55. The van der Waals surface area contributed by atoms with Crippen molar-refractivity contribution in [3.05, 3.63) is 0 Å². The summed E-state index contributed by atoms with van der Waals surface area (Å²) in [6.45, 7) is 4.09. The van der Waals surface area contributed by atoms with Gasteiger partial charge in [-0.15, -0.1) is 11.8 Å². The van der Waals surface area contributed by atoms with Crippen LogP contribution in [-0.4, -0.2) is 71.2 Å². The number of hydrogen-bond acceptors (Lipinski definition) is 4. The van der Waals surface area contributed by atoms with Gasteiger partial charge in [-0.25, -0.2) is 0 Å². The molecule has 0 saturated carbocycles. The monoisotopic (exact) mass is 347 g/mol. The van der Waals surface area contributed by atoms with Crippen LogP contribution in [0.4, 0.5) is 0 Å². The molecule has 0 aliphatic carbocycles. The van der Waals surface area contributed by atoms with E-state index in [1.54, 1.807) is 16.1 Å². The Morgan fingerprint density at radius 1 is 1.05 bits per heavy atom. The van der Waals surface area contributed by atoms with Crippen LogP contribution in [0, 0.1) is 0 Å². The highest BCUT2D eigenvalue weighted by Crippen LogP contribution is 2.31. The molecule has 0 aromatic heterocycles. The summed E-state index contributed by atoms with van der Waals surface area (Å²) in [5, 5.41) is 0. The lowest BCUT2D eigenvalue weighted by Gasteiger charge is -2.36. The summed E-state index contributed by atoms with van der Waals surface area (Å²) in [6.07, 6.45) is 4.96. The largest absolute Gasteiger partial charge is 0.341 e. The van der Waals surface area contributed by atoms with Crippen LogP contribution in [0.2, 0.25) is 0 Å². The Morgan fingerprint density at radius 2 is 1.73 bits per heavy atom. The second kappa shape index (κ2) is 6.67. The standard InChI is InChI=1S/C14H25N3O3S2/c1-12-6-2-3-9-16(12)22(19,20)17-11-21-10-13(17)14(18)15-7-4-5-8-15/h12-13H,2-11H2,1H3/t12-,13+/m1/s1. The van der Waals surface area contributed by atoms with Crippen LogP contribution >= 0.6 is 11.8 Å². The van der Waals surface area contributed by atoms with Gasteiger partial charge in [-0.05, 0) is 32.6 Å². The molecule has 0 bridgehead atoms. The molecule has 0 spiro atoms. The average molecular weight is 348 g/mol. The number of piperidine rings is 1. The van der Waals surface area contributed by atoms with Crippen molar-refractivity contribution in [2.45, 2.75) is 51.1 Å². The fraction of sp³-hybridized carbons (Fsp3) is 0.929. The van der Waals surface area contributed by atoms with Crippen LogP contribution in [0.3, 0.4) is 0 Å². The third-order valence-electron chi connectivity index (χ3n) is 4.88. The zero-order valence-corrected chi connectivity index (χ0v) is 14.7. The fourth-order valence-corrected chi connectivity index (χ4v) is 7.08. The minimum Gasteiger partial charge on any atom is -0.341 e. The Bertz CT molecular complexity index is 519. The first-order valence-electron chi connectivity index (χ1n) is 8.17. The third kappa shape index (κ3) is 3.02. The number of nitrogens with zero attached hydrogens (tertiary/aromatic N) is 3. The van der Waals surface area contributed by atoms with E-state index in [0.29, 0.717) is 18.2 Å². The Morgan fingerprint density at radius 3 is 2.41 bits per heavy atom. The molecule has 0 N–H and O–H groups in total. The van der Waals surface area contributed by atoms with Gasteiger partial charge in [0.15, 0.2) is 0 Å². The summed E-state index contributed by atoms with van der Waals surface area (Å²) in [4.78, 5) is 14.5. The molecule has 126 valence electrons. The molecule has 8 heteroatoms. The molecule has 3 heterocycles. The summed E-state index contributed by atoms with van der Waals surface area (Å²) in [6, 6.07) is -0.478. The molecule has 0 aromatic carbocycles. The van der Waals surface area contributed by atoms with Gasteiger partial charge in [-0.3, -0.25) is 4.79 Å². The Balaban J connectivity index is 1.77. The van der Waals surface area contributed by atoms with Gasteiger partial charge in [0, 0.05) is 31.4 Å². The summed E-state index contributed by atoms with van der Waals surface area (Å²) >= 11 is 1.54. The van der Waals surface area contributed by atoms with E-state index in [4.69, 9.17) is 0 Å². The molecule has 22 heavy (non-hydrogen) atoms. The number of thioether (sulfide) groups is 1. The van der Waals surface area contributed by atoms with Crippen molar-refractivity contribution in [1.29, 1.82) is 0 Å². The summed E-state index contributed by atoms with van der Waals surface area (Å²) in [7, 11) is -3.54. The number of carbonyl (C=O) groups is 1. The number of rotatable bonds is 3. The van der Waals surface area contributed by atoms with Crippen molar-refractivity contribution in [3.63, 3.8) is 0 Å². The average Bonchev–Trinajstić information content (AvgIpc) is 3.18. The molecule has 0 aromatic rings. The molecule has 0 radical (unpaired) electrons. The molecule has 6 nitrogen and oxygen atoms in total. The smallest absolute Gasteiger partial charge is 0.283 e. The van der Waals surface area contributed by atoms with Crippen LogP contribution in [0.15, 0.2) is 0 Å². The van der Waals surface area contributed by atoms with E-state index < -0.39 is 16.3 Å². The fourth-order valence-electron chi connectivity index (χ4n) is 3.55. The summed E-state index contributed by atoms with van der Waals surface area (Å²) in [5.41, 5.74) is 0. The maximum atomic E-state index is 13.0. The van der Waals surface area contributed by atoms with Crippen molar-refractivity contribution < 1.29 is 13.2 Å². The van der Waals surface area contributed by atoms with E-state index in [-0.39, 0.29) is 11.9 Å². The SMILES string of the molecule is C[C@@H]1CCCCN1S(=O)(=O)N1CSC[C@H]1C(=O)N1CCCC1. The van der Waals surface area contributed by atoms with Crippen molar-refractivity contribution in [2.75, 3.05) is 31.3 Å². The highest BCUT2D eigenvalue weighted by Gasteiger charge is 2.45. The van der Waals surface area contributed by atoms with Gasteiger partial charge >= 0.3 is 0 Å². The molecule has 3 aliphatic rings. The highest BCUT2D eigenvalue weighted by molar-refractivity contribution is 8.00. The lowest BCUT2D eigenvalue weighted by molar-refractivity contribution is -0.133. The van der Waals surface area contributed by atoms with Gasteiger partial charge in [0.05, 0.1) is 5.88 Å². The predicted octanol–water partition coefficient (Wildman–Crippen LogP) is 1.10. The van der Waals surface area contributed by atoms with Crippen LogP contribution in [0.1, 0.15) is 39.0 Å². The number of carbonyl (C=O) groups excluding carboxylic acids is 1. The minimum absolute atomic E-state index is 0.00395. The van der Waals surface area contributed by atoms with Crippen LogP contribution in [0.25, 0.3) is 0 Å². The summed E-state index contributed by atoms with van der Waals surface area (Å²) < 4.78 is 29.0. The molecule has 0 unspecified atom stereocenters. The van der Waals surface area contributed by atoms with E-state index in [2.05, 4.69) is 0 Å². The van der Waals surface area contributed by atoms with Crippen LogP contribution < -0.4 is 0 Å². The number of likely N-dealkylation sites (tertiary alicyclic amines) is 1. The maximum absolute atomic E-state index is 13.0. The van der Waals surface area contributed by atoms with Gasteiger partial charge in [-0.1, -0.05) is 6.42 Å². The normalized spacial score (nSPS) is 31.8. The van der Waals surface area contributed by atoms with Gasteiger partial charge in [-0.2, -0.15) is 17.0 Å². The van der Waals surface area contributed by atoms with Gasteiger partial charge < -0.3 is 4.90 Å². The Hall–Kier alpha value is -0.310. The first-order chi connectivity index (χ1) is 10.5. The number of amides is 1. The molecule has 3 saturated heterocycles. The van der Waals surface area contributed by atoms with Crippen LogP contribution in [-0.2, 0) is 15.0 Å². The van der Waals surface area contributed by atoms with Crippen LogP contribution in [0.5, 0.6) is 0 Å². The molecule has 3 fully saturated rings. The van der Waals surface area contributed by atoms with E-state index >= 15 is 0 Å². The van der Waals surface area contributed by atoms with Crippen molar-refractivity contribution in [1.82, 2.24) is 13.5 Å².